The number of nitrogens with zero attached hydrogens (tertiary/aromatic N) is 2. The summed E-state index contributed by atoms with van der Waals surface area (Å²) in [7, 11) is 0. The lowest BCUT2D eigenvalue weighted by atomic mass is 9.86. The van der Waals surface area contributed by atoms with Gasteiger partial charge in [0.05, 0.1) is 0 Å². The van der Waals surface area contributed by atoms with E-state index in [-0.39, 0.29) is 12.4 Å². The van der Waals surface area contributed by atoms with Crippen molar-refractivity contribution in [2.45, 2.75) is 25.1 Å². The van der Waals surface area contributed by atoms with Gasteiger partial charge < -0.3 is 5.73 Å². The van der Waals surface area contributed by atoms with E-state index in [1.54, 1.807) is 18.3 Å². The predicted octanol–water partition coefficient (Wildman–Crippen LogP) is 4.26. The lowest BCUT2D eigenvalue weighted by Crippen LogP contribution is -2.39. The fourth-order valence-corrected chi connectivity index (χ4v) is 3.65. The molecule has 0 radical (unpaired) electrons. The van der Waals surface area contributed by atoms with Gasteiger partial charge in [0.1, 0.15) is 5.67 Å². The van der Waals surface area contributed by atoms with E-state index in [0.717, 1.165) is 24.5 Å². The van der Waals surface area contributed by atoms with Crippen molar-refractivity contribution in [3.63, 3.8) is 0 Å². The number of likely N-dealkylation sites (tertiary alicyclic amines) is 1. The van der Waals surface area contributed by atoms with E-state index < -0.39 is 5.67 Å². The number of anilines is 1. The molecule has 0 spiro atoms. The van der Waals surface area contributed by atoms with Crippen LogP contribution in [0.4, 0.5) is 9.52 Å². The molecule has 0 aliphatic carbocycles. The number of hydrogen-bond donors (Lipinski definition) is 1. The number of benzene rings is 1. The molecular formula is C15H18Cl2FN3S. The standard InChI is InChI=1S/C15H17ClFN3S.ClH/c16-12-3-1-2-11(8-12)15(17)4-6-20(7-5-15)10-13-9-19-14(18)21-13;/h1-3,8-9H,4-7,10H2,(H2,18,19);1H. The highest BCUT2D eigenvalue weighted by Gasteiger charge is 2.36. The van der Waals surface area contributed by atoms with E-state index in [0.29, 0.717) is 28.6 Å². The maximum atomic E-state index is 15.1. The van der Waals surface area contributed by atoms with E-state index in [1.807, 2.05) is 12.1 Å². The first-order chi connectivity index (χ1) is 10.0. The quantitative estimate of drug-likeness (QED) is 0.887. The molecule has 1 fully saturated rings. The second-order valence-electron chi connectivity index (χ2n) is 5.42. The van der Waals surface area contributed by atoms with E-state index in [2.05, 4.69) is 9.88 Å². The fourth-order valence-electron chi connectivity index (χ4n) is 2.74. The van der Waals surface area contributed by atoms with Crippen LogP contribution in [0, 0.1) is 0 Å². The summed E-state index contributed by atoms with van der Waals surface area (Å²) >= 11 is 7.46. The molecule has 2 N–H and O–H groups in total. The summed E-state index contributed by atoms with van der Waals surface area (Å²) in [5, 5.41) is 1.17. The SMILES string of the molecule is Cl.Nc1ncc(CN2CCC(F)(c3cccc(Cl)c3)CC2)s1. The van der Waals surface area contributed by atoms with Gasteiger partial charge in [-0.15, -0.1) is 23.7 Å². The number of thiazole rings is 1. The van der Waals surface area contributed by atoms with Gasteiger partial charge in [-0.25, -0.2) is 9.37 Å². The molecule has 0 saturated carbocycles. The number of piperidine rings is 1. The lowest BCUT2D eigenvalue weighted by Gasteiger charge is -2.36. The van der Waals surface area contributed by atoms with Gasteiger partial charge in [-0.2, -0.15) is 0 Å². The molecule has 3 nitrogen and oxygen atoms in total. The Hall–Kier alpha value is -0.880. The molecule has 0 unspecified atom stereocenters. The van der Waals surface area contributed by atoms with Crippen molar-refractivity contribution in [3.05, 3.63) is 45.9 Å². The highest BCUT2D eigenvalue weighted by atomic mass is 35.5. The van der Waals surface area contributed by atoms with E-state index in [1.165, 1.54) is 11.3 Å². The van der Waals surface area contributed by atoms with Crippen LogP contribution in [0.25, 0.3) is 0 Å². The molecule has 22 heavy (non-hydrogen) atoms. The van der Waals surface area contributed by atoms with Crippen LogP contribution in [0.5, 0.6) is 0 Å². The molecule has 1 aromatic carbocycles. The van der Waals surface area contributed by atoms with Crippen molar-refractivity contribution in [1.82, 2.24) is 9.88 Å². The first-order valence-electron chi connectivity index (χ1n) is 6.93. The zero-order chi connectivity index (χ0) is 14.9. The summed E-state index contributed by atoms with van der Waals surface area (Å²) in [5.41, 5.74) is 5.06. The van der Waals surface area contributed by atoms with Crippen molar-refractivity contribution in [3.8, 4) is 0 Å². The van der Waals surface area contributed by atoms with Gasteiger partial charge in [0.25, 0.3) is 0 Å². The van der Waals surface area contributed by atoms with Crippen LogP contribution in [0.1, 0.15) is 23.3 Å². The number of nitrogens with two attached hydrogens (primary N) is 1. The van der Waals surface area contributed by atoms with Gasteiger partial charge in [-0.1, -0.05) is 23.7 Å². The third kappa shape index (κ3) is 3.90. The molecule has 7 heteroatoms. The van der Waals surface area contributed by atoms with E-state index in [9.17, 15) is 0 Å². The highest BCUT2D eigenvalue weighted by Crippen LogP contribution is 2.38. The van der Waals surface area contributed by atoms with E-state index in [4.69, 9.17) is 17.3 Å². The zero-order valence-electron chi connectivity index (χ0n) is 12.0. The molecule has 1 aromatic heterocycles. The van der Waals surface area contributed by atoms with Crippen LogP contribution in [0.15, 0.2) is 30.5 Å². The summed E-state index contributed by atoms with van der Waals surface area (Å²) in [6, 6.07) is 7.15. The van der Waals surface area contributed by atoms with E-state index >= 15 is 4.39 Å². The molecule has 0 atom stereocenters. The van der Waals surface area contributed by atoms with Crippen molar-refractivity contribution < 1.29 is 4.39 Å². The molecule has 0 bridgehead atoms. The molecule has 1 saturated heterocycles. The van der Waals surface area contributed by atoms with Gasteiger partial charge in [-0.3, -0.25) is 4.90 Å². The number of halogens is 3. The number of aromatic nitrogens is 1. The topological polar surface area (TPSA) is 42.1 Å². The first-order valence-corrected chi connectivity index (χ1v) is 8.12. The average molecular weight is 362 g/mol. The van der Waals surface area contributed by atoms with Crippen molar-refractivity contribution in [2.24, 2.45) is 0 Å². The number of hydrogen-bond acceptors (Lipinski definition) is 4. The first kappa shape index (κ1) is 17.5. The van der Waals surface area contributed by atoms with Gasteiger partial charge in [0.2, 0.25) is 0 Å². The van der Waals surface area contributed by atoms with Gasteiger partial charge in [-0.05, 0) is 30.5 Å². The zero-order valence-corrected chi connectivity index (χ0v) is 14.4. The molecule has 2 heterocycles. The molecule has 2 aromatic rings. The van der Waals surface area contributed by atoms with Gasteiger partial charge in [0, 0.05) is 35.7 Å². The van der Waals surface area contributed by atoms with Gasteiger partial charge >= 0.3 is 0 Å². The molecule has 3 rings (SSSR count). The maximum absolute atomic E-state index is 15.1. The third-order valence-electron chi connectivity index (χ3n) is 3.94. The Bertz CT molecular complexity index is 627. The van der Waals surface area contributed by atoms with Crippen LogP contribution in [-0.2, 0) is 12.2 Å². The van der Waals surface area contributed by atoms with Gasteiger partial charge in [0.15, 0.2) is 5.13 Å². The number of alkyl halides is 1. The van der Waals surface area contributed by atoms with Crippen LogP contribution in [-0.4, -0.2) is 23.0 Å². The van der Waals surface area contributed by atoms with Crippen molar-refractivity contribution in [1.29, 1.82) is 0 Å². The summed E-state index contributed by atoms with van der Waals surface area (Å²) in [5.74, 6) is 0. The predicted molar refractivity (Wildman–Crippen MR) is 92.5 cm³/mol. The Balaban J connectivity index is 0.00000176. The second-order valence-corrected chi connectivity index (χ2v) is 7.00. The minimum atomic E-state index is -1.27. The molecular weight excluding hydrogens is 344 g/mol. The number of rotatable bonds is 3. The third-order valence-corrected chi connectivity index (χ3v) is 4.99. The Morgan fingerprint density at radius 1 is 1.36 bits per heavy atom. The van der Waals surface area contributed by atoms with Crippen LogP contribution < -0.4 is 5.73 Å². The monoisotopic (exact) mass is 361 g/mol. The summed E-state index contributed by atoms with van der Waals surface area (Å²) in [6.45, 7) is 2.24. The molecule has 1 aliphatic heterocycles. The largest absolute Gasteiger partial charge is 0.375 e. The molecule has 120 valence electrons. The Morgan fingerprint density at radius 2 is 2.09 bits per heavy atom. The Labute approximate surface area is 144 Å². The second kappa shape index (κ2) is 7.13. The Kier molecular flexibility index (Phi) is 5.66. The molecule has 1 aliphatic rings. The summed E-state index contributed by atoms with van der Waals surface area (Å²) in [4.78, 5) is 7.42. The Morgan fingerprint density at radius 3 is 2.68 bits per heavy atom. The number of nitrogen functional groups attached to an aromatic ring is 1. The fraction of sp³-hybridized carbons (Fsp3) is 0.400. The summed E-state index contributed by atoms with van der Waals surface area (Å²) < 4.78 is 15.1. The van der Waals surface area contributed by atoms with Crippen LogP contribution in [0.3, 0.4) is 0 Å². The molecule has 0 amide bonds. The summed E-state index contributed by atoms with van der Waals surface area (Å²) in [6.07, 6.45) is 2.78. The normalized spacial score (nSPS) is 17.9. The maximum Gasteiger partial charge on any atom is 0.180 e. The van der Waals surface area contributed by atoms with Crippen LogP contribution in [0.2, 0.25) is 5.02 Å². The highest BCUT2D eigenvalue weighted by molar-refractivity contribution is 7.15. The minimum Gasteiger partial charge on any atom is -0.375 e. The van der Waals surface area contributed by atoms with Crippen LogP contribution >= 0.6 is 35.3 Å². The average Bonchev–Trinajstić information content (AvgIpc) is 2.87. The van der Waals surface area contributed by atoms with Crippen molar-refractivity contribution >= 4 is 40.5 Å². The lowest BCUT2D eigenvalue weighted by molar-refractivity contribution is 0.0530. The van der Waals surface area contributed by atoms with Crippen molar-refractivity contribution in [2.75, 3.05) is 18.8 Å². The smallest absolute Gasteiger partial charge is 0.180 e. The minimum absolute atomic E-state index is 0.